The first-order valence-corrected chi connectivity index (χ1v) is 6.04. The highest BCUT2D eigenvalue weighted by Crippen LogP contribution is 2.35. The van der Waals surface area contributed by atoms with Gasteiger partial charge in [-0.05, 0) is 13.0 Å². The molecule has 0 saturated heterocycles. The monoisotopic (exact) mass is 318 g/mol. The fraction of sp³-hybridized carbons (Fsp3) is 0.545. The minimum atomic E-state index is -4.52. The first-order valence-electron chi connectivity index (χ1n) is 5.22. The molecule has 0 radical (unpaired) electrons. The van der Waals surface area contributed by atoms with Crippen LogP contribution in [0.25, 0.3) is 0 Å². The SMILES string of the molecule is COC(=O)C1=CC(Cl)=C(O[C@@H](C)C(F)(F)F)C(Cl)C1. The van der Waals surface area contributed by atoms with Crippen molar-refractivity contribution in [3.05, 3.63) is 22.4 Å². The minimum Gasteiger partial charge on any atom is -0.482 e. The van der Waals surface area contributed by atoms with Gasteiger partial charge in [0.15, 0.2) is 6.10 Å². The number of carbonyl (C=O) groups excluding carboxylic acids is 1. The normalized spacial score (nSPS) is 21.8. The van der Waals surface area contributed by atoms with Crippen molar-refractivity contribution in [3.63, 3.8) is 0 Å². The first-order chi connectivity index (χ1) is 8.66. The molecule has 3 nitrogen and oxygen atoms in total. The molecule has 0 N–H and O–H groups in total. The van der Waals surface area contributed by atoms with Crippen LogP contribution in [-0.4, -0.2) is 30.7 Å². The number of methoxy groups -OCH3 is 1. The summed E-state index contributed by atoms with van der Waals surface area (Å²) in [5, 5.41) is -1.08. The van der Waals surface area contributed by atoms with Crippen molar-refractivity contribution in [1.29, 1.82) is 0 Å². The predicted molar refractivity (Wildman–Crippen MR) is 63.8 cm³/mol. The Labute approximate surface area is 117 Å². The van der Waals surface area contributed by atoms with E-state index in [0.717, 1.165) is 6.92 Å². The van der Waals surface area contributed by atoms with E-state index in [1.165, 1.54) is 13.2 Å². The van der Waals surface area contributed by atoms with Crippen LogP contribution in [0.4, 0.5) is 13.2 Å². The van der Waals surface area contributed by atoms with Gasteiger partial charge in [0.25, 0.3) is 0 Å². The molecule has 8 heteroatoms. The van der Waals surface area contributed by atoms with Gasteiger partial charge in [0.2, 0.25) is 0 Å². The number of allylic oxidation sites excluding steroid dienone is 3. The Hall–Kier alpha value is -0.880. The number of carbonyl (C=O) groups is 1. The van der Waals surface area contributed by atoms with Crippen LogP contribution in [0.15, 0.2) is 22.4 Å². The molecule has 108 valence electrons. The first kappa shape index (κ1) is 16.2. The Morgan fingerprint density at radius 2 is 2.11 bits per heavy atom. The number of esters is 1. The highest BCUT2D eigenvalue weighted by Gasteiger charge is 2.40. The summed E-state index contributed by atoms with van der Waals surface area (Å²) in [5.74, 6) is -0.826. The molecule has 1 aliphatic carbocycles. The zero-order valence-corrected chi connectivity index (χ0v) is 11.6. The zero-order valence-electron chi connectivity index (χ0n) is 10.1. The molecule has 0 heterocycles. The summed E-state index contributed by atoms with van der Waals surface area (Å²) in [6.07, 6.45) is -5.37. The fourth-order valence-electron chi connectivity index (χ4n) is 1.38. The smallest absolute Gasteiger partial charge is 0.425 e. The lowest BCUT2D eigenvalue weighted by molar-refractivity contribution is -0.204. The lowest BCUT2D eigenvalue weighted by atomic mass is 10.0. The summed E-state index contributed by atoms with van der Waals surface area (Å²) in [4.78, 5) is 11.3. The highest BCUT2D eigenvalue weighted by molar-refractivity contribution is 6.33. The Morgan fingerprint density at radius 3 is 2.53 bits per heavy atom. The second-order valence-corrected chi connectivity index (χ2v) is 4.78. The summed E-state index contributed by atoms with van der Waals surface area (Å²) in [6.45, 7) is 0.848. The van der Waals surface area contributed by atoms with Gasteiger partial charge in [-0.3, -0.25) is 0 Å². The molecule has 1 rings (SSSR count). The maximum absolute atomic E-state index is 12.4. The molecule has 2 atom stereocenters. The fourth-order valence-corrected chi connectivity index (χ4v) is 2.08. The molecular formula is C11H11Cl2F3O3. The summed E-state index contributed by atoms with van der Waals surface area (Å²) in [6, 6.07) is 0. The van der Waals surface area contributed by atoms with E-state index in [0.29, 0.717) is 0 Å². The molecule has 0 saturated carbocycles. The molecule has 0 amide bonds. The van der Waals surface area contributed by atoms with Crippen LogP contribution < -0.4 is 0 Å². The third-order valence-corrected chi connectivity index (χ3v) is 3.08. The molecule has 0 aromatic heterocycles. The van der Waals surface area contributed by atoms with Crippen LogP contribution in [0.1, 0.15) is 13.3 Å². The maximum Gasteiger partial charge on any atom is 0.425 e. The van der Waals surface area contributed by atoms with E-state index in [2.05, 4.69) is 4.74 Å². The Kier molecular flexibility index (Phi) is 5.15. The van der Waals surface area contributed by atoms with E-state index in [9.17, 15) is 18.0 Å². The molecular weight excluding hydrogens is 308 g/mol. The van der Waals surface area contributed by atoms with Crippen LogP contribution >= 0.6 is 23.2 Å². The van der Waals surface area contributed by atoms with Gasteiger partial charge >= 0.3 is 12.1 Å². The van der Waals surface area contributed by atoms with Gasteiger partial charge in [0, 0.05) is 12.0 Å². The Balaban J connectivity index is 2.95. The van der Waals surface area contributed by atoms with Crippen molar-refractivity contribution in [3.8, 4) is 0 Å². The molecule has 1 aliphatic rings. The van der Waals surface area contributed by atoms with Crippen molar-refractivity contribution in [2.45, 2.75) is 31.0 Å². The minimum absolute atomic E-state index is 0.00956. The molecule has 0 aromatic rings. The van der Waals surface area contributed by atoms with E-state index >= 15 is 0 Å². The van der Waals surface area contributed by atoms with Gasteiger partial charge in [0.1, 0.15) is 5.76 Å². The quantitative estimate of drug-likeness (QED) is 0.590. The van der Waals surface area contributed by atoms with Gasteiger partial charge in [-0.2, -0.15) is 13.2 Å². The second kappa shape index (κ2) is 6.05. The van der Waals surface area contributed by atoms with Crippen LogP contribution in [0.5, 0.6) is 0 Å². The summed E-state index contributed by atoms with van der Waals surface area (Å²) in [5.41, 5.74) is 0.180. The number of alkyl halides is 4. The van der Waals surface area contributed by atoms with Crippen molar-refractivity contribution in [2.75, 3.05) is 7.11 Å². The topological polar surface area (TPSA) is 35.5 Å². The van der Waals surface area contributed by atoms with Gasteiger partial charge in [0.05, 0.1) is 17.5 Å². The summed E-state index contributed by atoms with van der Waals surface area (Å²) in [7, 11) is 1.18. The Morgan fingerprint density at radius 1 is 1.53 bits per heavy atom. The van der Waals surface area contributed by atoms with Crippen LogP contribution in [0.2, 0.25) is 0 Å². The van der Waals surface area contributed by atoms with E-state index in [1.807, 2.05) is 0 Å². The summed E-state index contributed by atoms with van der Waals surface area (Å²) < 4.78 is 46.4. The predicted octanol–water partition coefficient (Wildman–Crippen LogP) is 3.51. The molecule has 0 bridgehead atoms. The largest absolute Gasteiger partial charge is 0.482 e. The van der Waals surface area contributed by atoms with Crippen LogP contribution in [-0.2, 0) is 14.3 Å². The third-order valence-electron chi connectivity index (χ3n) is 2.43. The molecule has 0 fully saturated rings. The molecule has 19 heavy (non-hydrogen) atoms. The molecule has 0 aliphatic heterocycles. The number of halogens is 5. The van der Waals surface area contributed by atoms with Gasteiger partial charge < -0.3 is 9.47 Å². The van der Waals surface area contributed by atoms with Crippen LogP contribution in [0, 0.1) is 0 Å². The average molecular weight is 319 g/mol. The third kappa shape index (κ3) is 4.04. The van der Waals surface area contributed by atoms with Crippen molar-refractivity contribution in [1.82, 2.24) is 0 Å². The zero-order chi connectivity index (χ0) is 14.8. The lowest BCUT2D eigenvalue weighted by Crippen LogP contribution is -2.31. The number of rotatable bonds is 3. The molecule has 1 unspecified atom stereocenters. The molecule has 0 aromatic carbocycles. The highest BCUT2D eigenvalue weighted by atomic mass is 35.5. The number of hydrogen-bond acceptors (Lipinski definition) is 3. The van der Waals surface area contributed by atoms with E-state index in [-0.39, 0.29) is 22.8 Å². The lowest BCUT2D eigenvalue weighted by Gasteiger charge is -2.25. The van der Waals surface area contributed by atoms with Crippen LogP contribution in [0.3, 0.4) is 0 Å². The maximum atomic E-state index is 12.4. The van der Waals surface area contributed by atoms with Crippen molar-refractivity contribution < 1.29 is 27.4 Å². The van der Waals surface area contributed by atoms with Crippen molar-refractivity contribution in [2.24, 2.45) is 0 Å². The second-order valence-electron chi connectivity index (χ2n) is 3.85. The van der Waals surface area contributed by atoms with Gasteiger partial charge in [-0.1, -0.05) is 11.6 Å². The average Bonchev–Trinajstić information content (AvgIpc) is 2.30. The Bertz CT molecular complexity index is 429. The number of hydrogen-bond donors (Lipinski definition) is 0. The van der Waals surface area contributed by atoms with E-state index in [1.54, 1.807) is 0 Å². The molecule has 0 spiro atoms. The van der Waals surface area contributed by atoms with E-state index < -0.39 is 23.6 Å². The van der Waals surface area contributed by atoms with Gasteiger partial charge in [-0.25, -0.2) is 4.79 Å². The van der Waals surface area contributed by atoms with Gasteiger partial charge in [-0.15, -0.1) is 11.6 Å². The van der Waals surface area contributed by atoms with Crippen molar-refractivity contribution >= 4 is 29.2 Å². The summed E-state index contributed by atoms with van der Waals surface area (Å²) >= 11 is 11.7. The number of ether oxygens (including phenoxy) is 2. The standard InChI is InChI=1S/C11H11Cl2F3O3/c1-5(11(14,15)16)19-9-7(12)3-6(4-8(9)13)10(17)18-2/h3,5,8H,4H2,1-2H3/t5-,8?/m0/s1. The van der Waals surface area contributed by atoms with E-state index in [4.69, 9.17) is 27.9 Å².